The molecule has 1 aromatic rings. The van der Waals surface area contributed by atoms with Gasteiger partial charge in [0, 0.05) is 11.0 Å². The van der Waals surface area contributed by atoms with Gasteiger partial charge in [0.15, 0.2) is 0 Å². The Bertz CT molecular complexity index is 412. The van der Waals surface area contributed by atoms with E-state index in [2.05, 4.69) is 21.2 Å². The first-order valence-electron chi connectivity index (χ1n) is 6.14. The van der Waals surface area contributed by atoms with Crippen LogP contribution in [0.25, 0.3) is 0 Å². The van der Waals surface area contributed by atoms with Crippen molar-refractivity contribution in [3.05, 3.63) is 34.3 Å². The van der Waals surface area contributed by atoms with Gasteiger partial charge in [0.05, 0.1) is 12.6 Å². The molecule has 0 heterocycles. The maximum atomic E-state index is 11.4. The number of hydrogen-bond donors (Lipinski definition) is 2. The molecule has 4 nitrogen and oxygen atoms in total. The van der Waals surface area contributed by atoms with Gasteiger partial charge in [-0.3, -0.25) is 4.79 Å². The zero-order valence-electron chi connectivity index (χ0n) is 11.4. The van der Waals surface area contributed by atoms with Gasteiger partial charge in [-0.1, -0.05) is 28.1 Å². The highest BCUT2D eigenvalue weighted by Gasteiger charge is 2.16. The van der Waals surface area contributed by atoms with Crippen LogP contribution in [0.5, 0.6) is 0 Å². The number of aliphatic hydroxyl groups excluding tert-OH is 1. The van der Waals surface area contributed by atoms with Gasteiger partial charge in [0.1, 0.15) is 5.60 Å². The van der Waals surface area contributed by atoms with Gasteiger partial charge in [-0.2, -0.15) is 0 Å². The van der Waals surface area contributed by atoms with E-state index in [1.54, 1.807) is 0 Å². The number of halogens is 1. The predicted octanol–water partition coefficient (Wildman–Crippen LogP) is 2.41. The maximum absolute atomic E-state index is 11.4. The molecule has 0 spiro atoms. The fraction of sp³-hybridized carbons (Fsp3) is 0.500. The van der Waals surface area contributed by atoms with Crippen LogP contribution in [0.1, 0.15) is 32.4 Å². The summed E-state index contributed by atoms with van der Waals surface area (Å²) in [5.41, 5.74) is 0.322. The predicted molar refractivity (Wildman–Crippen MR) is 77.8 cm³/mol. The molecular formula is C14H20BrNO3. The van der Waals surface area contributed by atoms with E-state index in [0.717, 1.165) is 10.0 Å². The van der Waals surface area contributed by atoms with E-state index in [-0.39, 0.29) is 12.5 Å². The summed E-state index contributed by atoms with van der Waals surface area (Å²) < 4.78 is 6.11. The van der Waals surface area contributed by atoms with E-state index in [9.17, 15) is 9.90 Å². The molecule has 0 aliphatic carbocycles. The fourth-order valence-corrected chi connectivity index (χ4v) is 1.76. The van der Waals surface area contributed by atoms with Crippen LogP contribution in [-0.4, -0.2) is 29.8 Å². The van der Waals surface area contributed by atoms with Gasteiger partial charge >= 0.3 is 5.97 Å². The van der Waals surface area contributed by atoms with Crippen molar-refractivity contribution < 1.29 is 14.6 Å². The van der Waals surface area contributed by atoms with E-state index < -0.39 is 11.7 Å². The Morgan fingerprint density at radius 3 is 2.47 bits per heavy atom. The first-order chi connectivity index (χ1) is 8.78. The quantitative estimate of drug-likeness (QED) is 0.814. The van der Waals surface area contributed by atoms with Crippen molar-refractivity contribution in [2.75, 3.05) is 13.1 Å². The fourth-order valence-electron chi connectivity index (χ4n) is 1.49. The van der Waals surface area contributed by atoms with Gasteiger partial charge in [-0.05, 0) is 38.5 Å². The highest BCUT2D eigenvalue weighted by molar-refractivity contribution is 9.10. The number of nitrogens with one attached hydrogen (secondary N) is 1. The summed E-state index contributed by atoms with van der Waals surface area (Å²) in [6.07, 6.45) is -0.643. The van der Waals surface area contributed by atoms with Gasteiger partial charge in [-0.25, -0.2) is 0 Å². The summed E-state index contributed by atoms with van der Waals surface area (Å²) in [6.45, 7) is 5.86. The molecule has 0 aliphatic heterocycles. The second-order valence-electron chi connectivity index (χ2n) is 5.28. The average molecular weight is 330 g/mol. The van der Waals surface area contributed by atoms with Crippen molar-refractivity contribution in [1.29, 1.82) is 0 Å². The van der Waals surface area contributed by atoms with Crippen LogP contribution < -0.4 is 5.32 Å². The second-order valence-corrected chi connectivity index (χ2v) is 6.20. The summed E-state index contributed by atoms with van der Waals surface area (Å²) in [6, 6.07) is 7.41. The zero-order valence-corrected chi connectivity index (χ0v) is 13.0. The standard InChI is InChI=1S/C14H20BrNO3/c1-14(2,3)19-13(18)9-16-8-12(17)10-4-6-11(15)7-5-10/h4-7,12,16-17H,8-9H2,1-3H3. The minimum atomic E-state index is -0.643. The third-order valence-corrected chi connectivity index (χ3v) is 2.81. The van der Waals surface area contributed by atoms with Crippen molar-refractivity contribution in [3.8, 4) is 0 Å². The number of benzene rings is 1. The molecule has 0 saturated carbocycles. The van der Waals surface area contributed by atoms with Crippen LogP contribution >= 0.6 is 15.9 Å². The normalized spacial score (nSPS) is 13.1. The number of carbonyl (C=O) groups excluding carboxylic acids is 1. The molecule has 1 aromatic carbocycles. The van der Waals surface area contributed by atoms with E-state index in [1.807, 2.05) is 45.0 Å². The lowest BCUT2D eigenvalue weighted by atomic mass is 10.1. The molecule has 0 aliphatic rings. The number of hydrogen-bond acceptors (Lipinski definition) is 4. The van der Waals surface area contributed by atoms with Crippen LogP contribution in [0.2, 0.25) is 0 Å². The van der Waals surface area contributed by atoms with Crippen LogP contribution in [-0.2, 0) is 9.53 Å². The molecule has 19 heavy (non-hydrogen) atoms. The van der Waals surface area contributed by atoms with Crippen LogP contribution in [0, 0.1) is 0 Å². The van der Waals surface area contributed by atoms with Gasteiger partial charge in [0.25, 0.3) is 0 Å². The van der Waals surface area contributed by atoms with Gasteiger partial charge < -0.3 is 15.2 Å². The van der Waals surface area contributed by atoms with E-state index in [4.69, 9.17) is 4.74 Å². The Hall–Kier alpha value is -0.910. The molecule has 0 radical (unpaired) electrons. The van der Waals surface area contributed by atoms with E-state index >= 15 is 0 Å². The lowest BCUT2D eigenvalue weighted by Gasteiger charge is -2.20. The number of rotatable bonds is 5. The van der Waals surface area contributed by atoms with Gasteiger partial charge in [-0.15, -0.1) is 0 Å². The summed E-state index contributed by atoms with van der Waals surface area (Å²) in [5, 5.41) is 12.8. The average Bonchev–Trinajstić information content (AvgIpc) is 2.27. The minimum Gasteiger partial charge on any atom is -0.459 e. The first kappa shape index (κ1) is 16.1. The molecule has 0 saturated heterocycles. The summed E-state index contributed by atoms with van der Waals surface area (Å²) in [5.74, 6) is -0.324. The van der Waals surface area contributed by atoms with Crippen molar-refractivity contribution in [2.24, 2.45) is 0 Å². The maximum Gasteiger partial charge on any atom is 0.320 e. The smallest absolute Gasteiger partial charge is 0.320 e. The van der Waals surface area contributed by atoms with Gasteiger partial charge in [0.2, 0.25) is 0 Å². The lowest BCUT2D eigenvalue weighted by Crippen LogP contribution is -2.33. The van der Waals surface area contributed by atoms with Crippen LogP contribution in [0.4, 0.5) is 0 Å². The van der Waals surface area contributed by atoms with Crippen molar-refractivity contribution in [1.82, 2.24) is 5.32 Å². The van der Waals surface area contributed by atoms with Crippen molar-refractivity contribution in [3.63, 3.8) is 0 Å². The molecule has 0 bridgehead atoms. The summed E-state index contributed by atoms with van der Waals surface area (Å²) in [7, 11) is 0. The Morgan fingerprint density at radius 2 is 1.95 bits per heavy atom. The Balaban J connectivity index is 2.33. The Kier molecular flexibility index (Phi) is 5.97. The number of esters is 1. The number of ether oxygens (including phenoxy) is 1. The van der Waals surface area contributed by atoms with Crippen molar-refractivity contribution in [2.45, 2.75) is 32.5 Å². The SMILES string of the molecule is CC(C)(C)OC(=O)CNCC(O)c1ccc(Br)cc1. The van der Waals surface area contributed by atoms with E-state index in [1.165, 1.54) is 0 Å². The Morgan fingerprint density at radius 1 is 1.37 bits per heavy atom. The second kappa shape index (κ2) is 7.03. The Labute approximate surface area is 122 Å². The van der Waals surface area contributed by atoms with E-state index in [0.29, 0.717) is 6.54 Å². The first-order valence-corrected chi connectivity index (χ1v) is 6.93. The van der Waals surface area contributed by atoms with Crippen LogP contribution in [0.15, 0.2) is 28.7 Å². The largest absolute Gasteiger partial charge is 0.459 e. The highest BCUT2D eigenvalue weighted by atomic mass is 79.9. The molecule has 5 heteroatoms. The minimum absolute atomic E-state index is 0.0882. The van der Waals surface area contributed by atoms with Crippen LogP contribution in [0.3, 0.4) is 0 Å². The summed E-state index contributed by atoms with van der Waals surface area (Å²) >= 11 is 3.34. The molecule has 1 rings (SSSR count). The molecule has 0 amide bonds. The molecule has 0 fully saturated rings. The topological polar surface area (TPSA) is 58.6 Å². The molecule has 0 aromatic heterocycles. The lowest BCUT2D eigenvalue weighted by molar-refractivity contribution is -0.153. The third-order valence-electron chi connectivity index (χ3n) is 2.28. The van der Waals surface area contributed by atoms with Crippen molar-refractivity contribution >= 4 is 21.9 Å². The highest BCUT2D eigenvalue weighted by Crippen LogP contribution is 2.16. The monoisotopic (exact) mass is 329 g/mol. The summed E-state index contributed by atoms with van der Waals surface area (Å²) in [4.78, 5) is 11.4. The molecule has 106 valence electrons. The molecular weight excluding hydrogens is 310 g/mol. The zero-order chi connectivity index (χ0) is 14.5. The number of carbonyl (C=O) groups is 1. The molecule has 1 atom stereocenters. The molecule has 2 N–H and O–H groups in total. The molecule has 1 unspecified atom stereocenters. The third kappa shape index (κ3) is 6.71. The number of aliphatic hydroxyl groups is 1.